The largest absolute Gasteiger partial charge is 0.309 e. The van der Waals surface area contributed by atoms with Crippen LogP contribution >= 0.6 is 11.8 Å². The van der Waals surface area contributed by atoms with Crippen LogP contribution in [0.1, 0.15) is 6.42 Å². The first kappa shape index (κ1) is 20.2. The van der Waals surface area contributed by atoms with Crippen LogP contribution in [0.3, 0.4) is 0 Å². The zero-order chi connectivity index (χ0) is 15.4. The lowest BCUT2D eigenvalue weighted by Gasteiger charge is -2.25. The molecule has 0 aromatic heterocycles. The fourth-order valence-electron chi connectivity index (χ4n) is 1.80. The molecule has 122 valence electrons. The maximum atomic E-state index is 2.60. The maximum Gasteiger partial charge on any atom is 0.0110 e. The van der Waals surface area contributed by atoms with E-state index < -0.39 is 0 Å². The number of hydrogen-bond acceptors (Lipinski definition) is 5. The molecule has 0 fully saturated rings. The van der Waals surface area contributed by atoms with E-state index in [1.807, 2.05) is 0 Å². The molecule has 0 rings (SSSR count). The fourth-order valence-corrected chi connectivity index (χ4v) is 2.72. The van der Waals surface area contributed by atoms with Crippen LogP contribution in [-0.2, 0) is 0 Å². The summed E-state index contributed by atoms with van der Waals surface area (Å²) in [4.78, 5) is 9.40. The number of rotatable bonds is 13. The second-order valence-corrected chi connectivity index (χ2v) is 7.44. The highest BCUT2D eigenvalue weighted by molar-refractivity contribution is 7.99. The fraction of sp³-hybridized carbons (Fsp3) is 1.00. The van der Waals surface area contributed by atoms with Gasteiger partial charge in [0.2, 0.25) is 0 Å². The summed E-state index contributed by atoms with van der Waals surface area (Å²) in [6.45, 7) is 7.09. The van der Waals surface area contributed by atoms with Gasteiger partial charge >= 0.3 is 0 Å². The lowest BCUT2D eigenvalue weighted by molar-refractivity contribution is 0.228. The molecule has 0 amide bonds. The van der Waals surface area contributed by atoms with Crippen molar-refractivity contribution < 1.29 is 0 Å². The molecular formula is C15H36N4S. The standard InChI is InChI=1S/C15H36N4S/c1-16(2)8-7-14-20-15-13-19(11-9-17(3)4)12-10-18(5)6/h7-15H2,1-6H3. The Kier molecular flexibility index (Phi) is 13.0. The first-order valence-corrected chi connectivity index (χ1v) is 8.81. The molecule has 20 heavy (non-hydrogen) atoms. The number of nitrogens with zero attached hydrogens (tertiary/aromatic N) is 4. The smallest absolute Gasteiger partial charge is 0.0110 e. The van der Waals surface area contributed by atoms with E-state index in [1.54, 1.807) is 0 Å². The zero-order valence-electron chi connectivity index (χ0n) is 14.6. The Labute approximate surface area is 131 Å². The summed E-state index contributed by atoms with van der Waals surface area (Å²) in [6, 6.07) is 0. The molecule has 0 bridgehead atoms. The highest BCUT2D eigenvalue weighted by Crippen LogP contribution is 2.04. The van der Waals surface area contributed by atoms with Gasteiger partial charge in [0.25, 0.3) is 0 Å². The summed E-state index contributed by atoms with van der Waals surface area (Å²) < 4.78 is 0. The summed E-state index contributed by atoms with van der Waals surface area (Å²) in [5.74, 6) is 2.54. The van der Waals surface area contributed by atoms with Crippen molar-refractivity contribution in [3.63, 3.8) is 0 Å². The third-order valence-electron chi connectivity index (χ3n) is 3.17. The Morgan fingerprint density at radius 3 is 1.50 bits per heavy atom. The molecule has 0 aromatic carbocycles. The summed E-state index contributed by atoms with van der Waals surface area (Å²) in [5.41, 5.74) is 0. The zero-order valence-corrected chi connectivity index (χ0v) is 15.4. The summed E-state index contributed by atoms with van der Waals surface area (Å²) >= 11 is 2.10. The van der Waals surface area contributed by atoms with Crippen LogP contribution in [0.5, 0.6) is 0 Å². The predicted octanol–water partition coefficient (Wildman–Crippen LogP) is 1.10. The van der Waals surface area contributed by atoms with Crippen molar-refractivity contribution in [1.82, 2.24) is 19.6 Å². The highest BCUT2D eigenvalue weighted by Gasteiger charge is 2.06. The van der Waals surface area contributed by atoms with Crippen molar-refractivity contribution in [1.29, 1.82) is 0 Å². The van der Waals surface area contributed by atoms with Crippen LogP contribution in [0.4, 0.5) is 0 Å². The molecule has 0 aromatic rings. The molecule has 0 aliphatic rings. The molecule has 0 heterocycles. The molecule has 0 spiro atoms. The van der Waals surface area contributed by atoms with Crippen molar-refractivity contribution in [2.75, 3.05) is 93.1 Å². The Morgan fingerprint density at radius 2 is 1.05 bits per heavy atom. The van der Waals surface area contributed by atoms with E-state index in [-0.39, 0.29) is 0 Å². The van der Waals surface area contributed by atoms with Crippen LogP contribution in [0.2, 0.25) is 0 Å². The van der Waals surface area contributed by atoms with Crippen molar-refractivity contribution in [3.8, 4) is 0 Å². The number of likely N-dealkylation sites (N-methyl/N-ethyl adjacent to an activating group) is 2. The topological polar surface area (TPSA) is 13.0 Å². The van der Waals surface area contributed by atoms with Crippen molar-refractivity contribution in [3.05, 3.63) is 0 Å². The quantitative estimate of drug-likeness (QED) is 0.471. The van der Waals surface area contributed by atoms with Crippen LogP contribution < -0.4 is 0 Å². The Balaban J connectivity index is 3.72. The molecule has 5 heteroatoms. The van der Waals surface area contributed by atoms with E-state index in [0.29, 0.717) is 0 Å². The van der Waals surface area contributed by atoms with Gasteiger partial charge in [-0.15, -0.1) is 0 Å². The van der Waals surface area contributed by atoms with Crippen LogP contribution in [0.15, 0.2) is 0 Å². The third-order valence-corrected chi connectivity index (χ3v) is 4.22. The molecule has 0 aliphatic heterocycles. The van der Waals surface area contributed by atoms with Gasteiger partial charge in [0.05, 0.1) is 0 Å². The normalized spacial score (nSPS) is 12.3. The summed E-state index contributed by atoms with van der Waals surface area (Å²) in [6.07, 6.45) is 1.30. The molecule has 4 nitrogen and oxygen atoms in total. The highest BCUT2D eigenvalue weighted by atomic mass is 32.2. The monoisotopic (exact) mass is 304 g/mol. The average molecular weight is 305 g/mol. The Morgan fingerprint density at radius 1 is 0.550 bits per heavy atom. The Hall–Kier alpha value is 0.190. The number of hydrogen-bond donors (Lipinski definition) is 0. The van der Waals surface area contributed by atoms with Gasteiger partial charge < -0.3 is 14.7 Å². The Bertz CT molecular complexity index is 198. The van der Waals surface area contributed by atoms with Gasteiger partial charge in [-0.2, -0.15) is 11.8 Å². The number of thioether (sulfide) groups is 1. The van der Waals surface area contributed by atoms with Gasteiger partial charge in [0, 0.05) is 38.5 Å². The van der Waals surface area contributed by atoms with Gasteiger partial charge in [0.1, 0.15) is 0 Å². The van der Waals surface area contributed by atoms with Crippen molar-refractivity contribution in [2.24, 2.45) is 0 Å². The maximum absolute atomic E-state index is 2.60. The van der Waals surface area contributed by atoms with Gasteiger partial charge in [-0.05, 0) is 61.0 Å². The minimum Gasteiger partial charge on any atom is -0.309 e. The van der Waals surface area contributed by atoms with Gasteiger partial charge in [-0.25, -0.2) is 0 Å². The average Bonchev–Trinajstić information content (AvgIpc) is 2.34. The second-order valence-electron chi connectivity index (χ2n) is 6.22. The summed E-state index contributed by atoms with van der Waals surface area (Å²) in [5, 5.41) is 0. The predicted molar refractivity (Wildman–Crippen MR) is 94.0 cm³/mol. The molecule has 0 N–H and O–H groups in total. The summed E-state index contributed by atoms with van der Waals surface area (Å²) in [7, 11) is 12.9. The molecular weight excluding hydrogens is 268 g/mol. The van der Waals surface area contributed by atoms with Crippen LogP contribution in [0, 0.1) is 0 Å². The first-order valence-electron chi connectivity index (χ1n) is 7.66. The van der Waals surface area contributed by atoms with E-state index >= 15 is 0 Å². The minimum absolute atomic E-state index is 1.15. The molecule has 0 saturated carbocycles. The van der Waals surface area contributed by atoms with Crippen molar-refractivity contribution in [2.45, 2.75) is 6.42 Å². The van der Waals surface area contributed by atoms with E-state index in [4.69, 9.17) is 0 Å². The minimum atomic E-state index is 1.15. The SMILES string of the molecule is CN(C)CCCSCCN(CCN(C)C)CCN(C)C. The lowest BCUT2D eigenvalue weighted by atomic mass is 10.4. The van der Waals surface area contributed by atoms with Crippen molar-refractivity contribution >= 4 is 11.8 Å². The van der Waals surface area contributed by atoms with Gasteiger partial charge in [-0.3, -0.25) is 4.90 Å². The second kappa shape index (κ2) is 12.9. The molecule has 0 radical (unpaired) electrons. The molecule has 0 aliphatic carbocycles. The van der Waals surface area contributed by atoms with E-state index in [9.17, 15) is 0 Å². The lowest BCUT2D eigenvalue weighted by Crippen LogP contribution is -2.37. The molecule has 0 atom stereocenters. The van der Waals surface area contributed by atoms with Gasteiger partial charge in [-0.1, -0.05) is 0 Å². The van der Waals surface area contributed by atoms with Crippen LogP contribution in [-0.4, -0.2) is 113 Å². The van der Waals surface area contributed by atoms with E-state index in [2.05, 4.69) is 73.6 Å². The first-order chi connectivity index (χ1) is 9.41. The molecule has 0 unspecified atom stereocenters. The van der Waals surface area contributed by atoms with E-state index in [0.717, 1.165) is 13.1 Å². The third kappa shape index (κ3) is 14.6. The van der Waals surface area contributed by atoms with E-state index in [1.165, 1.54) is 44.1 Å². The molecule has 0 saturated heterocycles. The van der Waals surface area contributed by atoms with Gasteiger partial charge in [0.15, 0.2) is 0 Å². The van der Waals surface area contributed by atoms with Crippen LogP contribution in [0.25, 0.3) is 0 Å².